The first-order valence-corrected chi connectivity index (χ1v) is 9.95. The van der Waals surface area contributed by atoms with Gasteiger partial charge in [0.1, 0.15) is 5.52 Å². The predicted molar refractivity (Wildman–Crippen MR) is 97.1 cm³/mol. The Morgan fingerprint density at radius 2 is 1.91 bits per heavy atom. The van der Waals surface area contributed by atoms with Crippen molar-refractivity contribution < 1.29 is 4.42 Å². The Hall–Kier alpha value is -1.20. The van der Waals surface area contributed by atoms with Gasteiger partial charge in [0.05, 0.1) is 0 Å². The first-order chi connectivity index (χ1) is 11.4. The fraction of sp³-hybridized carbons (Fsp3) is 0.611. The molecule has 1 N–H and O–H groups in total. The highest BCUT2D eigenvalue weighted by Gasteiger charge is 2.26. The fourth-order valence-electron chi connectivity index (χ4n) is 3.75. The number of hydrogen-bond acceptors (Lipinski definition) is 5. The summed E-state index contributed by atoms with van der Waals surface area (Å²) in [6.07, 6.45) is 5.35. The Morgan fingerprint density at radius 1 is 1.13 bits per heavy atom. The molecule has 2 aromatic rings. The van der Waals surface area contributed by atoms with Crippen LogP contribution in [0.1, 0.15) is 25.7 Å². The molecule has 2 aliphatic heterocycles. The second-order valence-corrected chi connectivity index (χ2v) is 7.92. The molecule has 0 unspecified atom stereocenters. The molecule has 4 nitrogen and oxygen atoms in total. The van der Waals surface area contributed by atoms with E-state index in [9.17, 15) is 0 Å². The first-order valence-electron chi connectivity index (χ1n) is 8.80. The average molecular weight is 331 g/mol. The van der Waals surface area contributed by atoms with Crippen molar-refractivity contribution in [3.05, 3.63) is 24.3 Å². The molecular weight excluding hydrogens is 306 g/mol. The fourth-order valence-corrected chi connectivity index (χ4v) is 4.83. The quantitative estimate of drug-likeness (QED) is 0.922. The van der Waals surface area contributed by atoms with Gasteiger partial charge >= 0.3 is 0 Å². The van der Waals surface area contributed by atoms with Crippen molar-refractivity contribution in [2.45, 2.75) is 31.7 Å². The van der Waals surface area contributed by atoms with E-state index in [0.717, 1.165) is 29.6 Å². The molecular formula is C18H25N3OS. The van der Waals surface area contributed by atoms with Crippen LogP contribution in [0.25, 0.3) is 11.1 Å². The van der Waals surface area contributed by atoms with Gasteiger partial charge in [-0.1, -0.05) is 12.1 Å². The Balaban J connectivity index is 1.26. The summed E-state index contributed by atoms with van der Waals surface area (Å²) in [5.41, 5.74) is 1.79. The van der Waals surface area contributed by atoms with Crippen LogP contribution in [0.5, 0.6) is 0 Å². The highest BCUT2D eigenvalue weighted by Crippen LogP contribution is 2.27. The molecule has 4 rings (SSSR count). The van der Waals surface area contributed by atoms with E-state index in [1.54, 1.807) is 0 Å². The summed E-state index contributed by atoms with van der Waals surface area (Å²) in [5, 5.41) is 3.40. The highest BCUT2D eigenvalue weighted by molar-refractivity contribution is 7.99. The molecule has 2 fully saturated rings. The molecule has 0 bridgehead atoms. The highest BCUT2D eigenvalue weighted by atomic mass is 32.2. The molecule has 0 aliphatic carbocycles. The van der Waals surface area contributed by atoms with Gasteiger partial charge in [0.25, 0.3) is 6.01 Å². The van der Waals surface area contributed by atoms with Gasteiger partial charge in [-0.25, -0.2) is 0 Å². The van der Waals surface area contributed by atoms with Crippen LogP contribution in [-0.4, -0.2) is 47.1 Å². The van der Waals surface area contributed by atoms with Gasteiger partial charge in [-0.3, -0.25) is 0 Å². The van der Waals surface area contributed by atoms with Crippen molar-refractivity contribution >= 4 is 28.9 Å². The van der Waals surface area contributed by atoms with Crippen molar-refractivity contribution in [2.24, 2.45) is 5.92 Å². The minimum atomic E-state index is 0.665. The Labute approximate surface area is 142 Å². The second kappa shape index (κ2) is 7.14. The van der Waals surface area contributed by atoms with E-state index in [2.05, 4.69) is 27.0 Å². The van der Waals surface area contributed by atoms with E-state index < -0.39 is 0 Å². The van der Waals surface area contributed by atoms with E-state index in [4.69, 9.17) is 4.42 Å². The van der Waals surface area contributed by atoms with Crippen LogP contribution in [0.4, 0.5) is 6.01 Å². The van der Waals surface area contributed by atoms with Crippen LogP contribution < -0.4 is 5.32 Å². The van der Waals surface area contributed by atoms with Gasteiger partial charge in [0, 0.05) is 12.6 Å². The molecule has 3 heterocycles. The van der Waals surface area contributed by atoms with Gasteiger partial charge in [-0.05, 0) is 68.3 Å². The number of nitrogens with one attached hydrogen (secondary N) is 1. The number of benzene rings is 1. The van der Waals surface area contributed by atoms with Gasteiger partial charge in [0.2, 0.25) is 0 Å². The lowest BCUT2D eigenvalue weighted by atomic mass is 9.94. The molecule has 0 saturated carbocycles. The smallest absolute Gasteiger partial charge is 0.295 e. The summed E-state index contributed by atoms with van der Waals surface area (Å²) >= 11 is 2.12. The van der Waals surface area contributed by atoms with Crippen molar-refractivity contribution in [1.82, 2.24) is 9.88 Å². The first kappa shape index (κ1) is 15.3. The average Bonchev–Trinajstić information content (AvgIpc) is 3.04. The van der Waals surface area contributed by atoms with Crippen LogP contribution in [0.2, 0.25) is 0 Å². The molecule has 5 heteroatoms. The maximum absolute atomic E-state index is 5.74. The Kier molecular flexibility index (Phi) is 4.76. The Morgan fingerprint density at radius 3 is 2.70 bits per heavy atom. The Bertz CT molecular complexity index is 597. The summed E-state index contributed by atoms with van der Waals surface area (Å²) in [5.74, 6) is 3.44. The lowest BCUT2D eigenvalue weighted by Crippen LogP contribution is -2.44. The molecule has 0 amide bonds. The summed E-state index contributed by atoms with van der Waals surface area (Å²) in [4.78, 5) is 7.23. The maximum atomic E-state index is 5.74. The van der Waals surface area contributed by atoms with Gasteiger partial charge in [0.15, 0.2) is 5.58 Å². The zero-order chi connectivity index (χ0) is 15.5. The molecule has 124 valence electrons. The zero-order valence-electron chi connectivity index (χ0n) is 13.5. The van der Waals surface area contributed by atoms with Crippen LogP contribution in [0.3, 0.4) is 0 Å². The van der Waals surface area contributed by atoms with Crippen molar-refractivity contribution in [1.29, 1.82) is 0 Å². The number of para-hydroxylation sites is 2. The third-order valence-electron chi connectivity index (χ3n) is 5.19. The van der Waals surface area contributed by atoms with Gasteiger partial charge in [-0.2, -0.15) is 16.7 Å². The van der Waals surface area contributed by atoms with Crippen LogP contribution in [0, 0.1) is 5.92 Å². The standard InChI is InChI=1S/C18H25N3OS/c1-2-4-17-16(3-1)20-18(22-17)19-13-14-5-9-21(10-6-14)15-7-11-23-12-8-15/h1-4,14-15H,5-13H2,(H,19,20). The number of nitrogens with zero attached hydrogens (tertiary/aromatic N) is 2. The summed E-state index contributed by atoms with van der Waals surface area (Å²) in [7, 11) is 0. The SMILES string of the molecule is c1ccc2oc(NCC3CCN(C4CCSCC4)CC3)nc2c1. The molecule has 1 aromatic heterocycles. The number of fused-ring (bicyclic) bond motifs is 1. The number of piperidine rings is 1. The van der Waals surface area contributed by atoms with Crippen molar-refractivity contribution in [3.63, 3.8) is 0 Å². The minimum Gasteiger partial charge on any atom is -0.424 e. The molecule has 23 heavy (non-hydrogen) atoms. The summed E-state index contributed by atoms with van der Waals surface area (Å²) in [6.45, 7) is 3.49. The number of oxazole rings is 1. The largest absolute Gasteiger partial charge is 0.424 e. The number of rotatable bonds is 4. The molecule has 0 atom stereocenters. The number of aromatic nitrogens is 1. The summed E-state index contributed by atoms with van der Waals surface area (Å²) in [6, 6.07) is 9.45. The van der Waals surface area contributed by atoms with E-state index in [1.807, 2.05) is 24.3 Å². The second-order valence-electron chi connectivity index (χ2n) is 6.69. The van der Waals surface area contributed by atoms with E-state index in [1.165, 1.54) is 50.3 Å². The predicted octanol–water partition coefficient (Wildman–Crippen LogP) is 3.85. The summed E-state index contributed by atoms with van der Waals surface area (Å²) < 4.78 is 5.74. The minimum absolute atomic E-state index is 0.665. The van der Waals surface area contributed by atoms with Crippen molar-refractivity contribution in [3.8, 4) is 0 Å². The normalized spacial score (nSPS) is 21.7. The molecule has 1 aromatic carbocycles. The van der Waals surface area contributed by atoms with E-state index in [0.29, 0.717) is 6.01 Å². The zero-order valence-corrected chi connectivity index (χ0v) is 14.4. The maximum Gasteiger partial charge on any atom is 0.295 e. The molecule has 2 aliphatic rings. The monoisotopic (exact) mass is 331 g/mol. The lowest BCUT2D eigenvalue weighted by Gasteiger charge is -2.39. The molecule has 0 spiro atoms. The lowest BCUT2D eigenvalue weighted by molar-refractivity contribution is 0.129. The number of anilines is 1. The molecule has 2 saturated heterocycles. The van der Waals surface area contributed by atoms with Crippen LogP contribution in [-0.2, 0) is 0 Å². The van der Waals surface area contributed by atoms with E-state index >= 15 is 0 Å². The van der Waals surface area contributed by atoms with Crippen LogP contribution in [0.15, 0.2) is 28.7 Å². The third kappa shape index (κ3) is 3.66. The van der Waals surface area contributed by atoms with Crippen LogP contribution >= 0.6 is 11.8 Å². The van der Waals surface area contributed by atoms with Gasteiger partial charge < -0.3 is 14.6 Å². The van der Waals surface area contributed by atoms with Crippen molar-refractivity contribution in [2.75, 3.05) is 36.5 Å². The number of likely N-dealkylation sites (tertiary alicyclic amines) is 1. The third-order valence-corrected chi connectivity index (χ3v) is 6.24. The van der Waals surface area contributed by atoms with E-state index in [-0.39, 0.29) is 0 Å². The number of thioether (sulfide) groups is 1. The topological polar surface area (TPSA) is 41.3 Å². The number of hydrogen-bond donors (Lipinski definition) is 1. The van der Waals surface area contributed by atoms with Gasteiger partial charge in [-0.15, -0.1) is 0 Å². The molecule has 0 radical (unpaired) electrons.